The van der Waals surface area contributed by atoms with E-state index in [0.29, 0.717) is 0 Å². The molecule has 1 radical (unpaired) electrons. The van der Waals surface area contributed by atoms with Crippen molar-refractivity contribution in [3.05, 3.63) is 65.1 Å². The van der Waals surface area contributed by atoms with Crippen LogP contribution in [0.4, 0.5) is 0 Å². The fourth-order valence-corrected chi connectivity index (χ4v) is 1.51. The number of aryl methyl sites for hydroxylation is 1. The van der Waals surface area contributed by atoms with Gasteiger partial charge in [-0.3, -0.25) is 0 Å². The lowest BCUT2D eigenvalue weighted by Gasteiger charge is -2.05. The summed E-state index contributed by atoms with van der Waals surface area (Å²) in [5, 5.41) is 0. The Bertz CT molecular complexity index is 501. The van der Waals surface area contributed by atoms with Crippen LogP contribution in [0.25, 0.3) is 0 Å². The van der Waals surface area contributed by atoms with Crippen molar-refractivity contribution < 1.29 is 0 Å². The van der Waals surface area contributed by atoms with Crippen LogP contribution in [0.5, 0.6) is 0 Å². The van der Waals surface area contributed by atoms with Crippen molar-refractivity contribution in [2.45, 2.75) is 40.5 Å². The second kappa shape index (κ2) is 8.38. The fraction of sp³-hybridized carbons (Fsp3) is 0.316. The van der Waals surface area contributed by atoms with E-state index < -0.39 is 0 Å². The van der Waals surface area contributed by atoms with Gasteiger partial charge in [0, 0.05) is 17.6 Å². The van der Waals surface area contributed by atoms with Crippen LogP contribution in [0.15, 0.2) is 47.6 Å². The molecule has 0 saturated carbocycles. The largest absolute Gasteiger partial charge is 0.0726 e. The van der Waals surface area contributed by atoms with Gasteiger partial charge in [0.05, 0.1) is 0 Å². The van der Waals surface area contributed by atoms with Gasteiger partial charge >= 0.3 is 0 Å². The minimum absolute atomic E-state index is 1.02. The lowest BCUT2D eigenvalue weighted by atomic mass is 10.00. The van der Waals surface area contributed by atoms with E-state index in [1.807, 2.05) is 0 Å². The maximum absolute atomic E-state index is 3.19. The monoisotopic (exact) mass is 251 g/mol. The molecule has 0 aromatic heterocycles. The van der Waals surface area contributed by atoms with Gasteiger partial charge in [0.15, 0.2) is 0 Å². The first-order valence-corrected chi connectivity index (χ1v) is 6.95. The zero-order valence-corrected chi connectivity index (χ0v) is 12.5. The molecule has 0 nitrogen and oxygen atoms in total. The van der Waals surface area contributed by atoms with Crippen LogP contribution in [0.1, 0.15) is 44.7 Å². The Balaban J connectivity index is 0.000000550. The predicted octanol–water partition coefficient (Wildman–Crippen LogP) is 5.24. The van der Waals surface area contributed by atoms with Crippen LogP contribution in [0, 0.1) is 25.2 Å². The van der Waals surface area contributed by atoms with Gasteiger partial charge in [0.1, 0.15) is 0 Å². The molecular formula is C19H23. The molecule has 1 aromatic rings. The standard InChI is InChI=1S/C16H15.C3H8/c1-13-3-7-15(8-4-13)11-12-16-9-5-14(2)6-10-16;1-3-2/h3-5,7-10H,6H2,1-2H3;3H2,1-2H3. The van der Waals surface area contributed by atoms with Crippen LogP contribution in [0.3, 0.4) is 0 Å². The van der Waals surface area contributed by atoms with Gasteiger partial charge in [-0.05, 0) is 32.4 Å². The highest BCUT2D eigenvalue weighted by Crippen LogP contribution is 2.15. The normalized spacial score (nSPS) is 13.3. The van der Waals surface area contributed by atoms with Crippen molar-refractivity contribution in [3.8, 4) is 11.8 Å². The number of hydrogen-bond acceptors (Lipinski definition) is 0. The first kappa shape index (κ1) is 15.3. The van der Waals surface area contributed by atoms with Crippen molar-refractivity contribution in [2.75, 3.05) is 0 Å². The third kappa shape index (κ3) is 6.11. The summed E-state index contributed by atoms with van der Waals surface area (Å²) >= 11 is 0. The Labute approximate surface area is 118 Å². The molecule has 2 rings (SSSR count). The van der Waals surface area contributed by atoms with Crippen LogP contribution in [0.2, 0.25) is 0 Å². The molecule has 0 amide bonds. The molecule has 0 N–H and O–H groups in total. The highest BCUT2D eigenvalue weighted by molar-refractivity contribution is 5.47. The molecule has 0 fully saturated rings. The highest BCUT2D eigenvalue weighted by atomic mass is 14.0. The fourth-order valence-electron chi connectivity index (χ4n) is 1.51. The lowest BCUT2D eigenvalue weighted by molar-refractivity contribution is 1.09. The highest BCUT2D eigenvalue weighted by Gasteiger charge is 2.00. The van der Waals surface area contributed by atoms with Crippen LogP contribution < -0.4 is 0 Å². The predicted molar refractivity (Wildman–Crippen MR) is 84.8 cm³/mol. The Morgan fingerprint density at radius 1 is 0.947 bits per heavy atom. The third-order valence-electron chi connectivity index (χ3n) is 2.59. The van der Waals surface area contributed by atoms with E-state index in [-0.39, 0.29) is 0 Å². The summed E-state index contributed by atoms with van der Waals surface area (Å²) in [6, 6.07) is 8.31. The molecule has 99 valence electrons. The van der Waals surface area contributed by atoms with Crippen molar-refractivity contribution >= 4 is 0 Å². The van der Waals surface area contributed by atoms with Gasteiger partial charge in [0.25, 0.3) is 0 Å². The van der Waals surface area contributed by atoms with E-state index in [1.54, 1.807) is 0 Å². The molecule has 1 aliphatic carbocycles. The van der Waals surface area contributed by atoms with Crippen molar-refractivity contribution in [1.29, 1.82) is 0 Å². The zero-order valence-electron chi connectivity index (χ0n) is 12.5. The van der Waals surface area contributed by atoms with Gasteiger partial charge in [-0.25, -0.2) is 0 Å². The van der Waals surface area contributed by atoms with Crippen LogP contribution in [-0.4, -0.2) is 0 Å². The summed E-state index contributed by atoms with van der Waals surface area (Å²) in [6.07, 6.45) is 8.67. The molecular weight excluding hydrogens is 228 g/mol. The van der Waals surface area contributed by atoms with Gasteiger partial charge in [0.2, 0.25) is 0 Å². The van der Waals surface area contributed by atoms with Gasteiger partial charge in [-0.2, -0.15) is 0 Å². The zero-order chi connectivity index (χ0) is 14.1. The van der Waals surface area contributed by atoms with E-state index in [2.05, 4.69) is 82.4 Å². The molecule has 19 heavy (non-hydrogen) atoms. The summed E-state index contributed by atoms with van der Waals surface area (Å²) in [6.45, 7) is 8.47. The average molecular weight is 251 g/mol. The number of hydrogen-bond donors (Lipinski definition) is 0. The molecule has 0 heterocycles. The lowest BCUT2D eigenvalue weighted by Crippen LogP contribution is -1.89. The third-order valence-corrected chi connectivity index (χ3v) is 2.59. The molecule has 0 bridgehead atoms. The summed E-state index contributed by atoms with van der Waals surface area (Å²) < 4.78 is 0. The summed E-state index contributed by atoms with van der Waals surface area (Å²) in [7, 11) is 0. The van der Waals surface area contributed by atoms with Crippen molar-refractivity contribution in [3.63, 3.8) is 0 Å². The van der Waals surface area contributed by atoms with E-state index in [1.165, 1.54) is 17.6 Å². The summed E-state index contributed by atoms with van der Waals surface area (Å²) in [5.74, 6) is 6.37. The van der Waals surface area contributed by atoms with Gasteiger partial charge in [-0.15, -0.1) is 0 Å². The van der Waals surface area contributed by atoms with E-state index in [9.17, 15) is 0 Å². The Hall–Kier alpha value is -1.74. The molecule has 1 aromatic carbocycles. The van der Waals surface area contributed by atoms with Gasteiger partial charge in [-0.1, -0.05) is 67.5 Å². The van der Waals surface area contributed by atoms with Crippen molar-refractivity contribution in [2.24, 2.45) is 0 Å². The topological polar surface area (TPSA) is 0 Å². The number of benzene rings is 1. The molecule has 0 aliphatic heterocycles. The maximum atomic E-state index is 3.19. The van der Waals surface area contributed by atoms with E-state index in [0.717, 1.165) is 17.6 Å². The molecule has 0 unspecified atom stereocenters. The summed E-state index contributed by atoms with van der Waals surface area (Å²) in [4.78, 5) is 0. The molecule has 0 saturated heterocycles. The smallest absolute Gasteiger partial charge is 0.0249 e. The number of rotatable bonds is 0. The molecule has 0 heteroatoms. The van der Waals surface area contributed by atoms with E-state index >= 15 is 0 Å². The number of allylic oxidation sites excluding steroid dienone is 4. The molecule has 0 atom stereocenters. The second-order valence-electron chi connectivity index (χ2n) is 4.87. The molecule has 1 aliphatic rings. The second-order valence-corrected chi connectivity index (χ2v) is 4.87. The Kier molecular flexibility index (Phi) is 6.75. The quantitative estimate of drug-likeness (QED) is 0.553. The SMILES string of the molecule is CC1=CC=C(C#Cc2ccc(C)cc2)[CH]C1.CCC. The van der Waals surface area contributed by atoms with E-state index in [4.69, 9.17) is 0 Å². The van der Waals surface area contributed by atoms with Crippen LogP contribution >= 0.6 is 0 Å². The maximum Gasteiger partial charge on any atom is 0.0249 e. The summed E-state index contributed by atoms with van der Waals surface area (Å²) in [5.41, 5.74) is 4.85. The van der Waals surface area contributed by atoms with Crippen LogP contribution in [-0.2, 0) is 0 Å². The Morgan fingerprint density at radius 3 is 2.11 bits per heavy atom. The first-order valence-electron chi connectivity index (χ1n) is 6.95. The Morgan fingerprint density at radius 2 is 1.58 bits per heavy atom. The first-order chi connectivity index (χ1) is 9.15. The minimum atomic E-state index is 1.02. The van der Waals surface area contributed by atoms with Crippen molar-refractivity contribution in [1.82, 2.24) is 0 Å². The average Bonchev–Trinajstić information content (AvgIpc) is 2.41. The molecule has 0 spiro atoms. The minimum Gasteiger partial charge on any atom is -0.0726 e. The van der Waals surface area contributed by atoms with Gasteiger partial charge < -0.3 is 0 Å².